The number of likely N-dealkylation sites (tertiary alicyclic amines) is 1. The van der Waals surface area contributed by atoms with Crippen LogP contribution < -0.4 is 4.74 Å². The molecule has 0 aromatic heterocycles. The Kier molecular flexibility index (Phi) is 6.21. The molecule has 5 nitrogen and oxygen atoms in total. The maximum Gasteiger partial charge on any atom is 0.337 e. The van der Waals surface area contributed by atoms with Crippen molar-refractivity contribution >= 4 is 5.97 Å². The highest BCUT2D eigenvalue weighted by atomic mass is 16.5. The van der Waals surface area contributed by atoms with Crippen LogP contribution in [0.4, 0.5) is 0 Å². The van der Waals surface area contributed by atoms with Gasteiger partial charge in [0.05, 0.1) is 12.7 Å². The summed E-state index contributed by atoms with van der Waals surface area (Å²) in [6, 6.07) is 6.73. The summed E-state index contributed by atoms with van der Waals surface area (Å²) in [7, 11) is 1.35. The molecule has 1 fully saturated rings. The van der Waals surface area contributed by atoms with Crippen molar-refractivity contribution in [2.24, 2.45) is 5.92 Å². The summed E-state index contributed by atoms with van der Waals surface area (Å²) in [5, 5.41) is 10.1. The van der Waals surface area contributed by atoms with Gasteiger partial charge in [-0.3, -0.25) is 0 Å². The van der Waals surface area contributed by atoms with E-state index in [1.54, 1.807) is 24.3 Å². The highest BCUT2D eigenvalue weighted by molar-refractivity contribution is 5.89. The largest absolute Gasteiger partial charge is 0.491 e. The molecule has 1 saturated heterocycles. The summed E-state index contributed by atoms with van der Waals surface area (Å²) in [6.45, 7) is 5.24. The number of benzene rings is 1. The zero-order valence-electron chi connectivity index (χ0n) is 13.3. The predicted molar refractivity (Wildman–Crippen MR) is 84.1 cm³/mol. The van der Waals surface area contributed by atoms with Crippen LogP contribution >= 0.6 is 0 Å². The van der Waals surface area contributed by atoms with E-state index < -0.39 is 6.10 Å². The molecular formula is C17H25NO4. The van der Waals surface area contributed by atoms with Gasteiger partial charge in [-0.1, -0.05) is 6.92 Å². The number of hydrogen-bond acceptors (Lipinski definition) is 5. The van der Waals surface area contributed by atoms with E-state index in [1.165, 1.54) is 20.0 Å². The number of piperidine rings is 1. The molecule has 1 N–H and O–H groups in total. The first-order valence-corrected chi connectivity index (χ1v) is 7.80. The highest BCUT2D eigenvalue weighted by Crippen LogP contribution is 2.16. The number of ether oxygens (including phenoxy) is 2. The molecule has 5 heteroatoms. The summed E-state index contributed by atoms with van der Waals surface area (Å²) >= 11 is 0. The standard InChI is InChI=1S/C17H25NO4/c1-13-4-3-9-18(10-13)11-15(19)12-22-16-7-5-14(6-8-16)17(20)21-2/h5-8,13,15,19H,3-4,9-12H2,1-2H3/t13-,15-/m1/s1. The number of methoxy groups -OCH3 is 1. The number of esters is 1. The van der Waals surface area contributed by atoms with Crippen LogP contribution in [0.2, 0.25) is 0 Å². The van der Waals surface area contributed by atoms with Crippen LogP contribution in [0.25, 0.3) is 0 Å². The van der Waals surface area contributed by atoms with Gasteiger partial charge >= 0.3 is 5.97 Å². The van der Waals surface area contributed by atoms with Crippen LogP contribution in [-0.2, 0) is 4.74 Å². The molecule has 2 rings (SSSR count). The number of β-amino-alcohol motifs (C(OH)–C–C–N with tert-alkyl or cyclic N) is 1. The number of rotatable bonds is 6. The van der Waals surface area contributed by atoms with Gasteiger partial charge in [-0.05, 0) is 49.6 Å². The monoisotopic (exact) mass is 307 g/mol. The Morgan fingerprint density at radius 3 is 2.77 bits per heavy atom. The number of aliphatic hydroxyl groups excluding tert-OH is 1. The molecular weight excluding hydrogens is 282 g/mol. The Bertz CT molecular complexity index is 474. The molecule has 0 unspecified atom stereocenters. The van der Waals surface area contributed by atoms with E-state index in [9.17, 15) is 9.90 Å². The van der Waals surface area contributed by atoms with E-state index in [0.29, 0.717) is 23.8 Å². The van der Waals surface area contributed by atoms with Crippen molar-refractivity contribution < 1.29 is 19.4 Å². The Morgan fingerprint density at radius 2 is 2.14 bits per heavy atom. The van der Waals surface area contributed by atoms with E-state index in [0.717, 1.165) is 13.1 Å². The van der Waals surface area contributed by atoms with Gasteiger partial charge in [0.2, 0.25) is 0 Å². The molecule has 0 bridgehead atoms. The molecule has 1 aliphatic rings. The first kappa shape index (κ1) is 16.8. The topological polar surface area (TPSA) is 59.0 Å². The average molecular weight is 307 g/mol. The maximum atomic E-state index is 11.3. The summed E-state index contributed by atoms with van der Waals surface area (Å²) in [4.78, 5) is 13.6. The first-order chi connectivity index (χ1) is 10.6. The minimum absolute atomic E-state index is 0.252. The third-order valence-corrected chi connectivity index (χ3v) is 3.93. The number of nitrogens with zero attached hydrogens (tertiary/aromatic N) is 1. The van der Waals surface area contributed by atoms with Crippen molar-refractivity contribution in [1.82, 2.24) is 4.90 Å². The lowest BCUT2D eigenvalue weighted by Crippen LogP contribution is -2.41. The molecule has 1 heterocycles. The second-order valence-electron chi connectivity index (χ2n) is 5.99. The summed E-state index contributed by atoms with van der Waals surface area (Å²) in [5.74, 6) is 0.970. The lowest BCUT2D eigenvalue weighted by Gasteiger charge is -2.32. The molecule has 1 aromatic carbocycles. The zero-order valence-corrected chi connectivity index (χ0v) is 13.3. The number of hydrogen-bond donors (Lipinski definition) is 1. The van der Waals surface area contributed by atoms with Gasteiger partial charge < -0.3 is 19.5 Å². The summed E-state index contributed by atoms with van der Waals surface area (Å²) in [5.41, 5.74) is 0.484. The number of aliphatic hydroxyl groups is 1. The molecule has 0 saturated carbocycles. The fraction of sp³-hybridized carbons (Fsp3) is 0.588. The third-order valence-electron chi connectivity index (χ3n) is 3.93. The fourth-order valence-electron chi connectivity index (χ4n) is 2.80. The lowest BCUT2D eigenvalue weighted by molar-refractivity contribution is 0.0536. The summed E-state index contributed by atoms with van der Waals surface area (Å²) < 4.78 is 10.2. The van der Waals surface area contributed by atoms with Gasteiger partial charge in [-0.15, -0.1) is 0 Å². The summed E-state index contributed by atoms with van der Waals surface area (Å²) in [6.07, 6.45) is 1.96. The number of carbonyl (C=O) groups is 1. The Balaban J connectivity index is 1.76. The minimum atomic E-state index is -0.509. The lowest BCUT2D eigenvalue weighted by atomic mass is 10.0. The van der Waals surface area contributed by atoms with Crippen LogP contribution in [0.15, 0.2) is 24.3 Å². The molecule has 0 aliphatic carbocycles. The molecule has 122 valence electrons. The van der Waals surface area contributed by atoms with Crippen molar-refractivity contribution in [1.29, 1.82) is 0 Å². The van der Waals surface area contributed by atoms with Crippen LogP contribution in [0.5, 0.6) is 5.75 Å². The van der Waals surface area contributed by atoms with Gasteiger partial charge in [0.15, 0.2) is 0 Å². The van der Waals surface area contributed by atoms with Crippen LogP contribution in [0, 0.1) is 5.92 Å². The van der Waals surface area contributed by atoms with E-state index >= 15 is 0 Å². The van der Waals surface area contributed by atoms with E-state index in [4.69, 9.17) is 4.74 Å². The zero-order chi connectivity index (χ0) is 15.9. The van der Waals surface area contributed by atoms with Gasteiger partial charge in [0, 0.05) is 13.1 Å². The predicted octanol–water partition coefficient (Wildman–Crippen LogP) is 1.94. The second-order valence-corrected chi connectivity index (χ2v) is 5.99. The van der Waals surface area contributed by atoms with Crippen molar-refractivity contribution in [3.8, 4) is 5.75 Å². The SMILES string of the molecule is COC(=O)c1ccc(OC[C@H](O)CN2CCC[C@@H](C)C2)cc1. The second kappa shape index (κ2) is 8.15. The Hall–Kier alpha value is -1.59. The van der Waals surface area contributed by atoms with Crippen molar-refractivity contribution in [3.63, 3.8) is 0 Å². The first-order valence-electron chi connectivity index (χ1n) is 7.80. The van der Waals surface area contributed by atoms with Crippen molar-refractivity contribution in [2.45, 2.75) is 25.9 Å². The van der Waals surface area contributed by atoms with Crippen molar-refractivity contribution in [2.75, 3.05) is 33.4 Å². The van der Waals surface area contributed by atoms with Gasteiger partial charge in [-0.2, -0.15) is 0 Å². The van der Waals surface area contributed by atoms with Gasteiger partial charge in [-0.25, -0.2) is 4.79 Å². The highest BCUT2D eigenvalue weighted by Gasteiger charge is 2.19. The molecule has 0 radical (unpaired) electrons. The third kappa shape index (κ3) is 5.00. The van der Waals surface area contributed by atoms with Gasteiger partial charge in [0.1, 0.15) is 18.5 Å². The maximum absolute atomic E-state index is 11.3. The van der Waals surface area contributed by atoms with Gasteiger partial charge in [0.25, 0.3) is 0 Å². The fourth-order valence-corrected chi connectivity index (χ4v) is 2.80. The molecule has 1 aromatic rings. The van der Waals surface area contributed by atoms with E-state index in [1.807, 2.05) is 0 Å². The van der Waals surface area contributed by atoms with Crippen LogP contribution in [0.1, 0.15) is 30.1 Å². The molecule has 1 aliphatic heterocycles. The van der Waals surface area contributed by atoms with Crippen LogP contribution in [-0.4, -0.2) is 55.4 Å². The average Bonchev–Trinajstić information content (AvgIpc) is 2.52. The smallest absolute Gasteiger partial charge is 0.337 e. The quantitative estimate of drug-likeness (QED) is 0.814. The molecule has 22 heavy (non-hydrogen) atoms. The normalized spacial score (nSPS) is 20.4. The van der Waals surface area contributed by atoms with Crippen LogP contribution in [0.3, 0.4) is 0 Å². The number of carbonyl (C=O) groups excluding carboxylic acids is 1. The Morgan fingerprint density at radius 1 is 1.41 bits per heavy atom. The molecule has 0 amide bonds. The van der Waals surface area contributed by atoms with E-state index in [-0.39, 0.29) is 12.6 Å². The Labute approximate surface area is 131 Å². The minimum Gasteiger partial charge on any atom is -0.491 e. The van der Waals surface area contributed by atoms with E-state index in [2.05, 4.69) is 16.6 Å². The molecule has 2 atom stereocenters. The van der Waals surface area contributed by atoms with Crippen molar-refractivity contribution in [3.05, 3.63) is 29.8 Å². The molecule has 0 spiro atoms.